The third-order valence-electron chi connectivity index (χ3n) is 1.47. The molecular formula is C9H10BrN. The van der Waals surface area contributed by atoms with Crippen molar-refractivity contribution in [3.63, 3.8) is 0 Å². The Kier molecular flexibility index (Phi) is 2.83. The maximum Gasteiger partial charge on any atom is 0.0638 e. The van der Waals surface area contributed by atoms with Crippen molar-refractivity contribution in [1.29, 1.82) is 0 Å². The van der Waals surface area contributed by atoms with Crippen molar-refractivity contribution in [3.05, 3.63) is 37.0 Å². The number of alkyl halides is 1. The molecule has 0 amide bonds. The van der Waals surface area contributed by atoms with Crippen molar-refractivity contribution in [2.24, 2.45) is 4.99 Å². The molecule has 0 aromatic heterocycles. The maximum absolute atomic E-state index is 4.29. The highest BCUT2D eigenvalue weighted by molar-refractivity contribution is 9.09. The summed E-state index contributed by atoms with van der Waals surface area (Å²) in [5, 5.41) is 0. The van der Waals surface area contributed by atoms with Gasteiger partial charge in [0.25, 0.3) is 0 Å². The summed E-state index contributed by atoms with van der Waals surface area (Å²) >= 11 is 3.44. The van der Waals surface area contributed by atoms with Crippen LogP contribution in [0.25, 0.3) is 0 Å². The molecule has 2 heteroatoms. The van der Waals surface area contributed by atoms with Crippen molar-refractivity contribution in [2.45, 2.75) is 4.83 Å². The van der Waals surface area contributed by atoms with Gasteiger partial charge in [-0.3, -0.25) is 4.99 Å². The van der Waals surface area contributed by atoms with Gasteiger partial charge in [0, 0.05) is 0 Å². The van der Waals surface area contributed by atoms with Crippen LogP contribution >= 0.6 is 15.9 Å². The van der Waals surface area contributed by atoms with Gasteiger partial charge in [0.1, 0.15) is 0 Å². The summed E-state index contributed by atoms with van der Waals surface area (Å²) in [6.45, 7) is 8.23. The largest absolute Gasteiger partial charge is 0.283 e. The number of halogens is 1. The standard InChI is InChI=1S/C9H10BrN/c1-3-7(2)9-5-4-8(10)6-11-9/h3-5,8H,1-2,6H2. The van der Waals surface area contributed by atoms with Crippen LogP contribution < -0.4 is 0 Å². The van der Waals surface area contributed by atoms with Crippen LogP contribution in [-0.4, -0.2) is 17.1 Å². The molecule has 0 spiro atoms. The molecule has 0 N–H and O–H groups in total. The first-order chi connectivity index (χ1) is 5.24. The number of dihydropyridines is 1. The highest BCUT2D eigenvalue weighted by Crippen LogP contribution is 2.10. The van der Waals surface area contributed by atoms with Gasteiger partial charge in [-0.05, 0) is 11.6 Å². The first kappa shape index (κ1) is 8.47. The summed E-state index contributed by atoms with van der Waals surface area (Å²) in [5.41, 5.74) is 1.83. The molecule has 58 valence electrons. The lowest BCUT2D eigenvalue weighted by Gasteiger charge is -2.09. The molecule has 0 bridgehead atoms. The second-order valence-corrected chi connectivity index (χ2v) is 3.51. The van der Waals surface area contributed by atoms with Crippen LogP contribution in [0.5, 0.6) is 0 Å². The van der Waals surface area contributed by atoms with E-state index in [1.54, 1.807) is 6.08 Å². The van der Waals surface area contributed by atoms with Gasteiger partial charge in [-0.25, -0.2) is 0 Å². The van der Waals surface area contributed by atoms with Gasteiger partial charge < -0.3 is 0 Å². The van der Waals surface area contributed by atoms with Crippen LogP contribution in [0.4, 0.5) is 0 Å². The third kappa shape index (κ3) is 2.15. The Bertz CT molecular complexity index is 238. The van der Waals surface area contributed by atoms with Crippen molar-refractivity contribution >= 4 is 21.6 Å². The van der Waals surface area contributed by atoms with Crippen LogP contribution in [0.3, 0.4) is 0 Å². The Morgan fingerprint density at radius 3 is 3.00 bits per heavy atom. The van der Waals surface area contributed by atoms with E-state index in [1.165, 1.54) is 0 Å². The second-order valence-electron chi connectivity index (χ2n) is 2.33. The van der Waals surface area contributed by atoms with Gasteiger partial charge in [-0.1, -0.05) is 41.2 Å². The van der Waals surface area contributed by atoms with E-state index in [2.05, 4.69) is 40.2 Å². The van der Waals surface area contributed by atoms with Crippen LogP contribution in [-0.2, 0) is 0 Å². The normalized spacial score (nSPS) is 22.6. The molecule has 0 aromatic rings. The fraction of sp³-hybridized carbons (Fsp3) is 0.222. The van der Waals surface area contributed by atoms with Crippen LogP contribution in [0.15, 0.2) is 42.0 Å². The summed E-state index contributed by atoms with van der Waals surface area (Å²) in [6, 6.07) is 0. The number of rotatable bonds is 2. The minimum absolute atomic E-state index is 0.379. The molecule has 1 heterocycles. The van der Waals surface area contributed by atoms with E-state index in [0.717, 1.165) is 17.8 Å². The quantitative estimate of drug-likeness (QED) is 0.492. The van der Waals surface area contributed by atoms with Crippen molar-refractivity contribution in [3.8, 4) is 0 Å². The van der Waals surface area contributed by atoms with E-state index < -0.39 is 0 Å². The molecular weight excluding hydrogens is 202 g/mol. The summed E-state index contributed by atoms with van der Waals surface area (Å²) in [7, 11) is 0. The third-order valence-corrected chi connectivity index (χ3v) is 2.07. The average molecular weight is 212 g/mol. The van der Waals surface area contributed by atoms with Crippen LogP contribution in [0, 0.1) is 0 Å². The minimum Gasteiger partial charge on any atom is -0.283 e. The molecule has 1 atom stereocenters. The van der Waals surface area contributed by atoms with Crippen molar-refractivity contribution in [2.75, 3.05) is 6.54 Å². The van der Waals surface area contributed by atoms with Gasteiger partial charge in [0.15, 0.2) is 0 Å². The second kappa shape index (κ2) is 3.67. The lowest BCUT2D eigenvalue weighted by Crippen LogP contribution is -2.09. The van der Waals surface area contributed by atoms with E-state index in [1.807, 2.05) is 6.08 Å². The Hall–Kier alpha value is -0.630. The highest BCUT2D eigenvalue weighted by Gasteiger charge is 2.05. The summed E-state index contributed by atoms with van der Waals surface area (Å²) in [6.07, 6.45) is 5.75. The molecule has 0 saturated heterocycles. The first-order valence-corrected chi connectivity index (χ1v) is 4.34. The first-order valence-electron chi connectivity index (χ1n) is 3.42. The van der Waals surface area contributed by atoms with Gasteiger partial charge in [0.05, 0.1) is 17.1 Å². The SMILES string of the molecule is C=CC(=C)C1=NCC(Br)C=C1. The zero-order chi connectivity index (χ0) is 8.27. The van der Waals surface area contributed by atoms with Gasteiger partial charge in [0.2, 0.25) is 0 Å². The number of aliphatic imine (C=N–C) groups is 1. The van der Waals surface area contributed by atoms with Gasteiger partial charge in [-0.15, -0.1) is 0 Å². The summed E-state index contributed by atoms with van der Waals surface area (Å²) < 4.78 is 0. The smallest absolute Gasteiger partial charge is 0.0638 e. The predicted octanol–water partition coefficient (Wildman–Crippen LogP) is 2.50. The Balaban J connectivity index is 2.70. The molecule has 0 saturated carbocycles. The number of hydrogen-bond donors (Lipinski definition) is 0. The van der Waals surface area contributed by atoms with E-state index >= 15 is 0 Å². The number of allylic oxidation sites excluding steroid dienone is 3. The minimum atomic E-state index is 0.379. The zero-order valence-electron chi connectivity index (χ0n) is 6.26. The van der Waals surface area contributed by atoms with Gasteiger partial charge >= 0.3 is 0 Å². The number of hydrogen-bond acceptors (Lipinski definition) is 1. The molecule has 0 aliphatic carbocycles. The molecule has 1 aliphatic heterocycles. The molecule has 1 unspecified atom stereocenters. The lowest BCUT2D eigenvalue weighted by atomic mass is 10.1. The number of nitrogens with zero attached hydrogens (tertiary/aromatic N) is 1. The lowest BCUT2D eigenvalue weighted by molar-refractivity contribution is 1.02. The zero-order valence-corrected chi connectivity index (χ0v) is 7.84. The molecule has 0 fully saturated rings. The average Bonchev–Trinajstić information content (AvgIpc) is 2.05. The fourth-order valence-electron chi connectivity index (χ4n) is 0.808. The summed E-state index contributed by atoms with van der Waals surface area (Å²) in [4.78, 5) is 4.67. The fourth-order valence-corrected chi connectivity index (χ4v) is 1.11. The van der Waals surface area contributed by atoms with E-state index in [-0.39, 0.29) is 0 Å². The molecule has 1 rings (SSSR count). The topological polar surface area (TPSA) is 12.4 Å². The van der Waals surface area contributed by atoms with Gasteiger partial charge in [-0.2, -0.15) is 0 Å². The molecule has 1 nitrogen and oxygen atoms in total. The van der Waals surface area contributed by atoms with Crippen molar-refractivity contribution < 1.29 is 0 Å². The highest BCUT2D eigenvalue weighted by atomic mass is 79.9. The molecule has 0 aromatic carbocycles. The maximum atomic E-state index is 4.29. The molecule has 1 aliphatic rings. The summed E-state index contributed by atoms with van der Waals surface area (Å²) in [5.74, 6) is 0. The van der Waals surface area contributed by atoms with E-state index in [9.17, 15) is 0 Å². The van der Waals surface area contributed by atoms with Crippen LogP contribution in [0.1, 0.15) is 0 Å². The van der Waals surface area contributed by atoms with E-state index in [4.69, 9.17) is 0 Å². The predicted molar refractivity (Wildman–Crippen MR) is 53.5 cm³/mol. The monoisotopic (exact) mass is 211 g/mol. The molecule has 11 heavy (non-hydrogen) atoms. The Labute approximate surface area is 75.3 Å². The molecule has 0 radical (unpaired) electrons. The van der Waals surface area contributed by atoms with Crippen LogP contribution in [0.2, 0.25) is 0 Å². The van der Waals surface area contributed by atoms with E-state index in [0.29, 0.717) is 4.83 Å². The Morgan fingerprint density at radius 1 is 1.82 bits per heavy atom. The Morgan fingerprint density at radius 2 is 2.55 bits per heavy atom. The van der Waals surface area contributed by atoms with Crippen molar-refractivity contribution in [1.82, 2.24) is 0 Å².